The van der Waals surface area contributed by atoms with E-state index in [2.05, 4.69) is 0 Å². The molecule has 0 spiro atoms. The van der Waals surface area contributed by atoms with Crippen molar-refractivity contribution in [1.82, 2.24) is 0 Å². The highest BCUT2D eigenvalue weighted by molar-refractivity contribution is 6.11. The lowest BCUT2D eigenvalue weighted by molar-refractivity contribution is -0.135. The van der Waals surface area contributed by atoms with Gasteiger partial charge in [0.05, 0.1) is 39.8 Å². The molecule has 0 saturated heterocycles. The van der Waals surface area contributed by atoms with Crippen molar-refractivity contribution in [3.8, 4) is 137 Å². The summed E-state index contributed by atoms with van der Waals surface area (Å²) in [7, 11) is 0. The molecular formula is C56H40O31. The van der Waals surface area contributed by atoms with Crippen LogP contribution >= 0.6 is 0 Å². The monoisotopic (exact) mass is 1210 g/mol. The zero-order valence-corrected chi connectivity index (χ0v) is 43.1. The van der Waals surface area contributed by atoms with Crippen molar-refractivity contribution in [2.75, 3.05) is 6.61 Å². The van der Waals surface area contributed by atoms with Gasteiger partial charge in [0.2, 0.25) is 23.0 Å². The predicted molar refractivity (Wildman–Crippen MR) is 277 cm³/mol. The summed E-state index contributed by atoms with van der Waals surface area (Å²) in [6.07, 6.45) is -15.7. The van der Waals surface area contributed by atoms with Gasteiger partial charge in [0.25, 0.3) is 0 Å². The zero-order chi connectivity index (χ0) is 63.0. The molecule has 20 N–H and O–H groups in total. The average Bonchev–Trinajstić information content (AvgIpc) is 0.817. The van der Waals surface area contributed by atoms with Crippen LogP contribution in [0.5, 0.6) is 115 Å². The van der Waals surface area contributed by atoms with E-state index in [1.54, 1.807) is 0 Å². The summed E-state index contributed by atoms with van der Waals surface area (Å²) in [5.41, 5.74) is -13.3. The number of ether oxygens (including phenoxy) is 6. The molecule has 7 aromatic rings. The molecule has 0 radical (unpaired) electrons. The van der Waals surface area contributed by atoms with Gasteiger partial charge in [0, 0.05) is 51.4 Å². The number of benzene rings is 7. The summed E-state index contributed by atoms with van der Waals surface area (Å²) in [6, 6.07) is 5.59. The van der Waals surface area contributed by atoms with E-state index in [0.717, 1.165) is 18.2 Å². The molecule has 4 aliphatic heterocycles. The minimum Gasteiger partial charge on any atom is -0.507 e. The van der Waals surface area contributed by atoms with Gasteiger partial charge < -0.3 is 131 Å². The topological polar surface area (TPSA) is 545 Å². The summed E-state index contributed by atoms with van der Waals surface area (Å²) in [4.78, 5) is 74.7. The van der Waals surface area contributed by atoms with Gasteiger partial charge in [-0.15, -0.1) is 0 Å². The van der Waals surface area contributed by atoms with E-state index in [0.29, 0.717) is 36.4 Å². The molecule has 11 rings (SSSR count). The quantitative estimate of drug-likeness (QED) is 0.0668. The van der Waals surface area contributed by atoms with Crippen molar-refractivity contribution in [3.05, 3.63) is 105 Å². The number of cyclic esters (lactones) is 3. The highest BCUT2D eigenvalue weighted by Gasteiger charge is 2.57. The molecule has 0 unspecified atom stereocenters. The summed E-state index contributed by atoms with van der Waals surface area (Å²) < 4.78 is 35.6. The van der Waals surface area contributed by atoms with Crippen molar-refractivity contribution in [2.24, 2.45) is 0 Å². The molecule has 0 aliphatic carbocycles. The first-order valence-electron chi connectivity index (χ1n) is 24.9. The van der Waals surface area contributed by atoms with Crippen LogP contribution in [-0.4, -0.2) is 169 Å². The van der Waals surface area contributed by atoms with Crippen molar-refractivity contribution < 1.29 is 155 Å². The molecule has 0 amide bonds. The van der Waals surface area contributed by atoms with Gasteiger partial charge in [-0.3, -0.25) is 0 Å². The lowest BCUT2D eigenvalue weighted by Gasteiger charge is -2.43. The molecule has 4 aliphatic rings. The van der Waals surface area contributed by atoms with Gasteiger partial charge in [-0.05, 0) is 48.0 Å². The lowest BCUT2D eigenvalue weighted by Crippen LogP contribution is -2.56. The summed E-state index contributed by atoms with van der Waals surface area (Å²) in [6.45, 7) is -1.63. The molecular weight excluding hydrogens is 1170 g/mol. The zero-order valence-electron chi connectivity index (χ0n) is 43.1. The van der Waals surface area contributed by atoms with Crippen LogP contribution in [0.4, 0.5) is 0 Å². The summed E-state index contributed by atoms with van der Waals surface area (Å²) >= 11 is 0. The van der Waals surface area contributed by atoms with Crippen LogP contribution in [0.2, 0.25) is 0 Å². The Bertz CT molecular complexity index is 4220. The van der Waals surface area contributed by atoms with Crippen LogP contribution in [0, 0.1) is 0 Å². The van der Waals surface area contributed by atoms with E-state index in [1.807, 2.05) is 0 Å². The first-order chi connectivity index (χ1) is 41.0. The van der Waals surface area contributed by atoms with Gasteiger partial charge >= 0.3 is 29.8 Å². The van der Waals surface area contributed by atoms with E-state index in [9.17, 15) is 112 Å². The van der Waals surface area contributed by atoms with Crippen molar-refractivity contribution >= 4 is 29.8 Å². The Balaban J connectivity index is 1.25. The maximum absolute atomic E-state index is 15.3. The third kappa shape index (κ3) is 8.66. The van der Waals surface area contributed by atoms with Crippen molar-refractivity contribution in [2.45, 2.75) is 49.0 Å². The Morgan fingerprint density at radius 1 is 0.414 bits per heavy atom. The molecule has 4 heterocycles. The van der Waals surface area contributed by atoms with Crippen LogP contribution in [0.1, 0.15) is 86.1 Å². The third-order valence-electron chi connectivity index (χ3n) is 14.9. The number of phenolic OH excluding ortho intramolecular Hbond substituents is 19. The largest absolute Gasteiger partial charge is 0.507 e. The highest BCUT2D eigenvalue weighted by Crippen LogP contribution is 2.62. The minimum absolute atomic E-state index is 0.140. The normalized spacial score (nSPS) is 20.4. The Kier molecular flexibility index (Phi) is 13.1. The first-order valence-corrected chi connectivity index (χ1v) is 24.9. The van der Waals surface area contributed by atoms with E-state index >= 15 is 14.4 Å². The highest BCUT2D eigenvalue weighted by atomic mass is 16.6. The van der Waals surface area contributed by atoms with E-state index in [4.69, 9.17) is 28.4 Å². The molecule has 87 heavy (non-hydrogen) atoms. The van der Waals surface area contributed by atoms with E-state index in [-0.39, 0.29) is 5.56 Å². The second-order valence-electron chi connectivity index (χ2n) is 19.9. The number of aliphatic hydroxyl groups excluding tert-OH is 1. The SMILES string of the molecule is O=C(O[C@H]1COC(=O)c2cc(O)c(O)c(O)c2-c2c(cc(O)c(O)c2O)C(=O)O[C@@H]1[C@H]1OC(=O)c2cc(O)c(O)c(O)c2-c2c(O)c(O)c(O)c3c2C(=O)O[C@@H]1[C@@H]3c1c(O)cc(O)c2c1O[C@@H](c1ccc(O)c(O)c1)[C@H](O)C2)c1cc(O)c(O)c(O)c1. The van der Waals surface area contributed by atoms with Gasteiger partial charge in [-0.25, -0.2) is 24.0 Å². The number of carbonyl (C=O) groups is 5. The number of esters is 5. The van der Waals surface area contributed by atoms with Crippen molar-refractivity contribution in [1.29, 1.82) is 0 Å². The number of hydrogen-bond acceptors (Lipinski definition) is 31. The fraction of sp³-hybridized carbons (Fsp3) is 0.161. The second-order valence-corrected chi connectivity index (χ2v) is 19.9. The van der Waals surface area contributed by atoms with Crippen molar-refractivity contribution in [3.63, 3.8) is 0 Å². The molecule has 450 valence electrons. The van der Waals surface area contributed by atoms with Gasteiger partial charge in [-0.2, -0.15) is 0 Å². The number of hydrogen-bond donors (Lipinski definition) is 20. The van der Waals surface area contributed by atoms with Crippen LogP contribution in [0.25, 0.3) is 22.3 Å². The Hall–Kier alpha value is -12.2. The standard InChI is InChI=1S/C56H40O31/c57-18-2-1-12(3-20(18)59)47-27(66)6-14-19(58)10-21(60)32(48(14)84-47)35-34-36-33(44(74)46(76)45(34)75)31-17(9-26(65)40(70)43(31)73)55(80)87-51(50(35)86-56(36)81)49-28(83-52(77)13-4-22(61)37(67)23(62)5-13)11-82-53(78)15-7-24(63)38(68)41(71)29(15)30-16(54(79)85-49)8-25(64)39(69)42(30)72/h1-5,7-10,27-28,35,47,49-51,57-76H,6,11H2/t27-,28+,35-,47+,49+,50-,51-/m1/s1. The second kappa shape index (κ2) is 20.0. The Morgan fingerprint density at radius 2 is 0.908 bits per heavy atom. The molecule has 31 nitrogen and oxygen atoms in total. The van der Waals surface area contributed by atoms with Crippen LogP contribution in [0.15, 0.2) is 54.6 Å². The molecule has 7 aromatic carbocycles. The summed E-state index contributed by atoms with van der Waals surface area (Å²) in [5.74, 6) is -38.0. The molecule has 0 saturated carbocycles. The maximum Gasteiger partial charge on any atom is 0.339 e. The smallest absolute Gasteiger partial charge is 0.339 e. The van der Waals surface area contributed by atoms with Gasteiger partial charge in [-0.1, -0.05) is 6.07 Å². The fourth-order valence-electron chi connectivity index (χ4n) is 10.9. The first kappa shape index (κ1) is 56.7. The van der Waals surface area contributed by atoms with Crippen LogP contribution < -0.4 is 4.74 Å². The molecule has 31 heteroatoms. The number of rotatable bonds is 5. The molecule has 7 atom stereocenters. The molecule has 2 bridgehead atoms. The van der Waals surface area contributed by atoms with E-state index in [1.165, 1.54) is 0 Å². The summed E-state index contributed by atoms with van der Waals surface area (Å²) in [5, 5.41) is 222. The van der Waals surface area contributed by atoms with Gasteiger partial charge in [0.1, 0.15) is 30.0 Å². The predicted octanol–water partition coefficient (Wildman–Crippen LogP) is 3.30. The van der Waals surface area contributed by atoms with Gasteiger partial charge in [0.15, 0.2) is 99.2 Å². The van der Waals surface area contributed by atoms with Crippen LogP contribution in [0.3, 0.4) is 0 Å². The number of aliphatic hydroxyl groups is 1. The Morgan fingerprint density at radius 3 is 1.46 bits per heavy atom. The van der Waals surface area contributed by atoms with Crippen LogP contribution in [-0.2, 0) is 30.1 Å². The minimum atomic E-state index is -3.00. The number of phenols is 19. The van der Waals surface area contributed by atoms with E-state index < -0.39 is 267 Å². The maximum atomic E-state index is 15.3. The molecule has 0 aromatic heterocycles. The lowest BCUT2D eigenvalue weighted by atomic mass is 9.73. The fourth-order valence-corrected chi connectivity index (χ4v) is 10.9. The molecule has 0 fully saturated rings. The third-order valence-corrected chi connectivity index (χ3v) is 14.9. The number of aromatic hydroxyl groups is 19. The number of carbonyl (C=O) groups excluding carboxylic acids is 5. The Labute approximate surface area is 480 Å². The number of fused-ring (bicyclic) bond motifs is 8. The average molecular weight is 1210 g/mol.